The average molecular weight is 253 g/mol. The third-order valence-corrected chi connectivity index (χ3v) is 3.00. The molecule has 102 valence electrons. The standard InChI is InChI=1S/C14H23NO3/c1-15-12(6-5-9-16-2)11-7-8-13(17-3)14(10-11)18-4/h7-8,10,12,15H,5-6,9H2,1-4H3. The summed E-state index contributed by atoms with van der Waals surface area (Å²) in [6, 6.07) is 6.33. The Kier molecular flexibility index (Phi) is 6.54. The Hall–Kier alpha value is -1.26. The van der Waals surface area contributed by atoms with Crippen molar-refractivity contribution >= 4 is 0 Å². The summed E-state index contributed by atoms with van der Waals surface area (Å²) in [6.07, 6.45) is 2.05. The first-order valence-corrected chi connectivity index (χ1v) is 6.15. The smallest absolute Gasteiger partial charge is 0.161 e. The van der Waals surface area contributed by atoms with Crippen LogP contribution in [0.2, 0.25) is 0 Å². The second-order valence-electron chi connectivity index (χ2n) is 4.09. The van der Waals surface area contributed by atoms with Crippen molar-refractivity contribution in [3.05, 3.63) is 23.8 Å². The maximum Gasteiger partial charge on any atom is 0.161 e. The van der Waals surface area contributed by atoms with Crippen LogP contribution in [0.3, 0.4) is 0 Å². The van der Waals surface area contributed by atoms with Gasteiger partial charge in [0.05, 0.1) is 14.2 Å². The third-order valence-electron chi connectivity index (χ3n) is 3.00. The van der Waals surface area contributed by atoms with E-state index in [1.54, 1.807) is 21.3 Å². The molecule has 1 rings (SSSR count). The van der Waals surface area contributed by atoms with Gasteiger partial charge in [0.25, 0.3) is 0 Å². The second kappa shape index (κ2) is 7.95. The van der Waals surface area contributed by atoms with E-state index < -0.39 is 0 Å². The lowest BCUT2D eigenvalue weighted by Crippen LogP contribution is -2.17. The Morgan fingerprint density at radius 3 is 2.39 bits per heavy atom. The summed E-state index contributed by atoms with van der Waals surface area (Å²) < 4.78 is 15.6. The minimum absolute atomic E-state index is 0.306. The van der Waals surface area contributed by atoms with E-state index in [-0.39, 0.29) is 0 Å². The van der Waals surface area contributed by atoms with Crippen LogP contribution in [0, 0.1) is 0 Å². The van der Waals surface area contributed by atoms with Crippen LogP contribution in [0.1, 0.15) is 24.4 Å². The van der Waals surface area contributed by atoms with Gasteiger partial charge in [-0.1, -0.05) is 6.07 Å². The Labute approximate surface area is 109 Å². The summed E-state index contributed by atoms with van der Waals surface area (Å²) in [5, 5.41) is 3.31. The summed E-state index contributed by atoms with van der Waals surface area (Å²) >= 11 is 0. The molecule has 0 bridgehead atoms. The van der Waals surface area contributed by atoms with Crippen LogP contribution in [0.4, 0.5) is 0 Å². The van der Waals surface area contributed by atoms with E-state index in [4.69, 9.17) is 14.2 Å². The summed E-state index contributed by atoms with van der Waals surface area (Å²) in [6.45, 7) is 0.783. The van der Waals surface area contributed by atoms with E-state index in [9.17, 15) is 0 Å². The SMILES string of the molecule is CNC(CCCOC)c1ccc(OC)c(OC)c1. The van der Waals surface area contributed by atoms with Crippen molar-refractivity contribution in [3.63, 3.8) is 0 Å². The molecule has 4 nitrogen and oxygen atoms in total. The normalized spacial score (nSPS) is 12.2. The number of rotatable bonds is 8. The van der Waals surface area contributed by atoms with E-state index in [0.717, 1.165) is 30.9 Å². The lowest BCUT2D eigenvalue weighted by Gasteiger charge is -2.18. The van der Waals surface area contributed by atoms with Crippen molar-refractivity contribution < 1.29 is 14.2 Å². The zero-order valence-electron chi connectivity index (χ0n) is 11.7. The first-order chi connectivity index (χ1) is 8.76. The number of hydrogen-bond donors (Lipinski definition) is 1. The average Bonchev–Trinajstić information content (AvgIpc) is 2.43. The highest BCUT2D eigenvalue weighted by Crippen LogP contribution is 2.31. The molecule has 0 heterocycles. The number of nitrogens with one attached hydrogen (secondary N) is 1. The highest BCUT2D eigenvalue weighted by atomic mass is 16.5. The molecule has 1 atom stereocenters. The minimum Gasteiger partial charge on any atom is -0.493 e. The van der Waals surface area contributed by atoms with Crippen molar-refractivity contribution in [1.29, 1.82) is 0 Å². The monoisotopic (exact) mass is 253 g/mol. The molecule has 0 fully saturated rings. The van der Waals surface area contributed by atoms with Crippen LogP contribution in [0.25, 0.3) is 0 Å². The second-order valence-corrected chi connectivity index (χ2v) is 4.09. The molecule has 0 aliphatic carbocycles. The highest BCUT2D eigenvalue weighted by molar-refractivity contribution is 5.43. The predicted molar refractivity (Wildman–Crippen MR) is 72.5 cm³/mol. The van der Waals surface area contributed by atoms with E-state index in [2.05, 4.69) is 11.4 Å². The van der Waals surface area contributed by atoms with E-state index >= 15 is 0 Å². The van der Waals surface area contributed by atoms with Gasteiger partial charge in [-0.2, -0.15) is 0 Å². The molecule has 1 N–H and O–H groups in total. The third kappa shape index (κ3) is 3.89. The van der Waals surface area contributed by atoms with Gasteiger partial charge in [-0.15, -0.1) is 0 Å². The molecule has 1 aromatic carbocycles. The fourth-order valence-electron chi connectivity index (χ4n) is 1.98. The molecule has 4 heteroatoms. The molecular formula is C14H23NO3. The van der Waals surface area contributed by atoms with Crippen LogP contribution in [0.5, 0.6) is 11.5 Å². The molecule has 0 saturated heterocycles. The van der Waals surface area contributed by atoms with E-state index in [1.165, 1.54) is 5.56 Å². The zero-order chi connectivity index (χ0) is 13.4. The van der Waals surface area contributed by atoms with Gasteiger partial charge in [0.1, 0.15) is 0 Å². The predicted octanol–water partition coefficient (Wildman–Crippen LogP) is 2.39. The van der Waals surface area contributed by atoms with Gasteiger partial charge in [0.2, 0.25) is 0 Å². The zero-order valence-corrected chi connectivity index (χ0v) is 11.7. The topological polar surface area (TPSA) is 39.7 Å². The first-order valence-electron chi connectivity index (χ1n) is 6.15. The lowest BCUT2D eigenvalue weighted by molar-refractivity contribution is 0.189. The van der Waals surface area contributed by atoms with Crippen LogP contribution >= 0.6 is 0 Å². The summed E-state index contributed by atoms with van der Waals surface area (Å²) in [5.41, 5.74) is 1.20. The fourth-order valence-corrected chi connectivity index (χ4v) is 1.98. The molecule has 18 heavy (non-hydrogen) atoms. The summed E-state index contributed by atoms with van der Waals surface area (Å²) in [4.78, 5) is 0. The molecule has 1 unspecified atom stereocenters. The Bertz CT molecular complexity index is 355. The van der Waals surface area contributed by atoms with Crippen LogP contribution in [-0.4, -0.2) is 35.0 Å². The van der Waals surface area contributed by atoms with Gasteiger partial charge < -0.3 is 19.5 Å². The number of hydrogen-bond acceptors (Lipinski definition) is 4. The van der Waals surface area contributed by atoms with Gasteiger partial charge in [0.15, 0.2) is 11.5 Å². The fraction of sp³-hybridized carbons (Fsp3) is 0.571. The van der Waals surface area contributed by atoms with E-state index in [1.807, 2.05) is 19.2 Å². The maximum absolute atomic E-state index is 5.32. The maximum atomic E-state index is 5.32. The van der Waals surface area contributed by atoms with E-state index in [0.29, 0.717) is 6.04 Å². The molecule has 0 radical (unpaired) electrons. The van der Waals surface area contributed by atoms with Crippen molar-refractivity contribution in [2.24, 2.45) is 0 Å². The Balaban J connectivity index is 2.79. The molecule has 0 spiro atoms. The van der Waals surface area contributed by atoms with Gasteiger partial charge in [-0.25, -0.2) is 0 Å². The minimum atomic E-state index is 0.306. The number of ether oxygens (including phenoxy) is 3. The summed E-state index contributed by atoms with van der Waals surface area (Å²) in [5.74, 6) is 1.52. The van der Waals surface area contributed by atoms with Gasteiger partial charge in [-0.3, -0.25) is 0 Å². The van der Waals surface area contributed by atoms with Crippen molar-refractivity contribution in [3.8, 4) is 11.5 Å². The van der Waals surface area contributed by atoms with Crippen LogP contribution in [0.15, 0.2) is 18.2 Å². The largest absolute Gasteiger partial charge is 0.493 e. The molecule has 0 aliphatic rings. The van der Waals surface area contributed by atoms with Crippen molar-refractivity contribution in [1.82, 2.24) is 5.32 Å². The van der Waals surface area contributed by atoms with Gasteiger partial charge in [0, 0.05) is 19.8 Å². The lowest BCUT2D eigenvalue weighted by atomic mass is 10.0. The highest BCUT2D eigenvalue weighted by Gasteiger charge is 2.12. The number of methoxy groups -OCH3 is 3. The van der Waals surface area contributed by atoms with Gasteiger partial charge >= 0.3 is 0 Å². The molecule has 1 aromatic rings. The Morgan fingerprint density at radius 2 is 1.83 bits per heavy atom. The van der Waals surface area contributed by atoms with Gasteiger partial charge in [-0.05, 0) is 37.6 Å². The molecule has 0 saturated carbocycles. The number of benzene rings is 1. The molecule has 0 aliphatic heterocycles. The molecular weight excluding hydrogens is 230 g/mol. The summed E-state index contributed by atoms with van der Waals surface area (Å²) in [7, 11) is 6.99. The van der Waals surface area contributed by atoms with Crippen molar-refractivity contribution in [2.45, 2.75) is 18.9 Å². The molecule has 0 aromatic heterocycles. The van der Waals surface area contributed by atoms with Crippen molar-refractivity contribution in [2.75, 3.05) is 35.0 Å². The van der Waals surface area contributed by atoms with Crippen LogP contribution in [-0.2, 0) is 4.74 Å². The van der Waals surface area contributed by atoms with Crippen LogP contribution < -0.4 is 14.8 Å². The quantitative estimate of drug-likeness (QED) is 0.722. The first kappa shape index (κ1) is 14.8. The Morgan fingerprint density at radius 1 is 1.11 bits per heavy atom. The molecule has 0 amide bonds.